The fraction of sp³-hybridized carbons (Fsp3) is 0.500. The summed E-state index contributed by atoms with van der Waals surface area (Å²) in [5.74, 6) is 1.50. The minimum absolute atomic E-state index is 0. The van der Waals surface area contributed by atoms with Crippen LogP contribution in [0.3, 0.4) is 0 Å². The van der Waals surface area contributed by atoms with Gasteiger partial charge in [0.2, 0.25) is 5.89 Å². The molecule has 142 valence electrons. The van der Waals surface area contributed by atoms with Crippen LogP contribution in [0.2, 0.25) is 0 Å². The van der Waals surface area contributed by atoms with Crippen LogP contribution in [-0.4, -0.2) is 24.0 Å². The van der Waals surface area contributed by atoms with Gasteiger partial charge < -0.3 is 15.1 Å². The topological polar surface area (TPSA) is 62.5 Å². The van der Waals surface area contributed by atoms with E-state index in [0.29, 0.717) is 17.9 Å². The van der Waals surface area contributed by atoms with Crippen molar-refractivity contribution in [3.05, 3.63) is 42.3 Å². The summed E-state index contributed by atoms with van der Waals surface area (Å²) >= 11 is 0. The zero-order valence-corrected chi connectivity index (χ0v) is 18.0. The number of benzene rings is 1. The number of aromatic nitrogens is 1. The minimum atomic E-state index is 0. The molecule has 2 N–H and O–H groups in total. The Hall–Kier alpha value is -1.57. The Morgan fingerprint density at radius 3 is 2.58 bits per heavy atom. The van der Waals surface area contributed by atoms with Gasteiger partial charge in [0.05, 0.1) is 6.54 Å². The van der Waals surface area contributed by atoms with Crippen molar-refractivity contribution >= 4 is 29.9 Å². The van der Waals surface area contributed by atoms with Gasteiger partial charge in [0.1, 0.15) is 12.0 Å². The van der Waals surface area contributed by atoms with E-state index in [0.717, 1.165) is 30.3 Å². The van der Waals surface area contributed by atoms with Gasteiger partial charge in [-0.15, -0.1) is 24.0 Å². The lowest BCUT2D eigenvalue weighted by Crippen LogP contribution is -2.46. The summed E-state index contributed by atoms with van der Waals surface area (Å²) in [7, 11) is 0. The van der Waals surface area contributed by atoms with Crippen molar-refractivity contribution in [3.63, 3.8) is 0 Å². The maximum atomic E-state index is 5.58. The molecule has 0 unspecified atom stereocenters. The molecule has 3 rings (SSSR count). The third kappa shape index (κ3) is 5.22. The van der Waals surface area contributed by atoms with E-state index in [-0.39, 0.29) is 24.0 Å². The van der Waals surface area contributed by atoms with Crippen LogP contribution in [0.5, 0.6) is 0 Å². The molecular formula is C20H29IN4O. The van der Waals surface area contributed by atoms with Gasteiger partial charge >= 0.3 is 0 Å². The lowest BCUT2D eigenvalue weighted by atomic mass is 9.67. The number of hydrogen-bond donors (Lipinski definition) is 2. The highest BCUT2D eigenvalue weighted by molar-refractivity contribution is 14.0. The lowest BCUT2D eigenvalue weighted by molar-refractivity contribution is 0.131. The van der Waals surface area contributed by atoms with E-state index in [2.05, 4.69) is 34.5 Å². The average Bonchev–Trinajstić information content (AvgIpc) is 3.09. The Morgan fingerprint density at radius 1 is 1.19 bits per heavy atom. The number of hydrogen-bond acceptors (Lipinski definition) is 3. The second kappa shape index (κ2) is 9.94. The maximum Gasteiger partial charge on any atom is 0.226 e. The van der Waals surface area contributed by atoms with Gasteiger partial charge in [0, 0.05) is 18.7 Å². The van der Waals surface area contributed by atoms with Gasteiger partial charge in [0.25, 0.3) is 0 Å². The number of halogens is 1. The van der Waals surface area contributed by atoms with Crippen molar-refractivity contribution in [2.24, 2.45) is 10.4 Å². The van der Waals surface area contributed by atoms with Crippen LogP contribution >= 0.6 is 24.0 Å². The monoisotopic (exact) mass is 468 g/mol. The summed E-state index contributed by atoms with van der Waals surface area (Å²) in [6.45, 7) is 6.71. The molecule has 0 spiro atoms. The summed E-state index contributed by atoms with van der Waals surface area (Å²) in [6, 6.07) is 9.93. The SMILES string of the molecule is CCNC(=NCc1coc(-c2ccccc2)n1)NCC1(CC)CCC1.I. The van der Waals surface area contributed by atoms with Crippen molar-refractivity contribution in [3.8, 4) is 11.5 Å². The highest BCUT2D eigenvalue weighted by Crippen LogP contribution is 2.42. The van der Waals surface area contributed by atoms with Gasteiger partial charge in [-0.3, -0.25) is 0 Å². The summed E-state index contributed by atoms with van der Waals surface area (Å²) in [5, 5.41) is 6.82. The molecule has 26 heavy (non-hydrogen) atoms. The van der Waals surface area contributed by atoms with Crippen LogP contribution in [0.4, 0.5) is 0 Å². The standard InChI is InChI=1S/C20H28N4O.HI/c1-3-20(11-8-12-20)15-23-19(21-4-2)22-13-17-14-25-18(24-17)16-9-6-5-7-10-16;/h5-7,9-10,14H,3-4,8,11-13,15H2,1-2H3,(H2,21,22,23);1H. The summed E-state index contributed by atoms with van der Waals surface area (Å²) < 4.78 is 5.58. The number of oxazole rings is 1. The second-order valence-electron chi connectivity index (χ2n) is 6.77. The molecule has 0 aliphatic heterocycles. The van der Waals surface area contributed by atoms with Crippen LogP contribution in [0, 0.1) is 5.41 Å². The Morgan fingerprint density at radius 2 is 1.96 bits per heavy atom. The fourth-order valence-corrected chi connectivity index (χ4v) is 3.20. The molecule has 2 aromatic rings. The lowest BCUT2D eigenvalue weighted by Gasteiger charge is -2.41. The number of nitrogens with zero attached hydrogens (tertiary/aromatic N) is 2. The smallest absolute Gasteiger partial charge is 0.226 e. The van der Waals surface area contributed by atoms with Crippen LogP contribution in [0.1, 0.15) is 45.2 Å². The molecule has 1 aliphatic rings. The first kappa shape index (κ1) is 20.7. The van der Waals surface area contributed by atoms with Crippen LogP contribution in [0.15, 0.2) is 46.0 Å². The average molecular weight is 468 g/mol. The summed E-state index contributed by atoms with van der Waals surface area (Å²) in [4.78, 5) is 9.19. The van der Waals surface area contributed by atoms with Crippen molar-refractivity contribution in [2.75, 3.05) is 13.1 Å². The third-order valence-electron chi connectivity index (χ3n) is 5.11. The number of nitrogens with one attached hydrogen (secondary N) is 2. The molecule has 1 aromatic heterocycles. The molecule has 0 bridgehead atoms. The third-order valence-corrected chi connectivity index (χ3v) is 5.11. The Kier molecular flexibility index (Phi) is 7.93. The molecule has 1 aromatic carbocycles. The van der Waals surface area contributed by atoms with E-state index < -0.39 is 0 Å². The Bertz CT molecular complexity index is 689. The van der Waals surface area contributed by atoms with E-state index in [4.69, 9.17) is 4.42 Å². The molecule has 1 aliphatic carbocycles. The molecule has 0 saturated heterocycles. The maximum absolute atomic E-state index is 5.58. The Balaban J connectivity index is 0.00000243. The highest BCUT2D eigenvalue weighted by Gasteiger charge is 2.34. The van der Waals surface area contributed by atoms with Gasteiger partial charge in [0.15, 0.2) is 5.96 Å². The van der Waals surface area contributed by atoms with E-state index in [1.165, 1.54) is 25.7 Å². The number of aliphatic imine (C=N–C) groups is 1. The summed E-state index contributed by atoms with van der Waals surface area (Å²) in [5.41, 5.74) is 2.28. The molecule has 1 saturated carbocycles. The van der Waals surface area contributed by atoms with E-state index in [9.17, 15) is 0 Å². The minimum Gasteiger partial charge on any atom is -0.444 e. The predicted octanol–water partition coefficient (Wildman–Crippen LogP) is 4.60. The van der Waals surface area contributed by atoms with Crippen LogP contribution in [0.25, 0.3) is 11.5 Å². The zero-order chi connectivity index (χ0) is 17.5. The first-order valence-electron chi connectivity index (χ1n) is 9.27. The molecule has 1 fully saturated rings. The molecule has 0 radical (unpaired) electrons. The van der Waals surface area contributed by atoms with Gasteiger partial charge in [-0.1, -0.05) is 31.5 Å². The normalized spacial score (nSPS) is 15.7. The van der Waals surface area contributed by atoms with Gasteiger partial charge in [-0.05, 0) is 43.7 Å². The van der Waals surface area contributed by atoms with Gasteiger partial charge in [-0.2, -0.15) is 0 Å². The quantitative estimate of drug-likeness (QED) is 0.355. The van der Waals surface area contributed by atoms with E-state index in [1.807, 2.05) is 30.3 Å². The molecule has 5 nitrogen and oxygen atoms in total. The molecule has 1 heterocycles. The van der Waals surface area contributed by atoms with Crippen molar-refractivity contribution in [2.45, 2.75) is 46.1 Å². The van der Waals surface area contributed by atoms with Crippen molar-refractivity contribution < 1.29 is 4.42 Å². The first-order chi connectivity index (χ1) is 12.2. The number of rotatable bonds is 7. The van der Waals surface area contributed by atoms with E-state index >= 15 is 0 Å². The van der Waals surface area contributed by atoms with Crippen LogP contribution < -0.4 is 10.6 Å². The highest BCUT2D eigenvalue weighted by atomic mass is 127. The van der Waals surface area contributed by atoms with Gasteiger partial charge in [-0.25, -0.2) is 9.98 Å². The Labute approximate surface area is 173 Å². The number of guanidine groups is 1. The van der Waals surface area contributed by atoms with Crippen molar-refractivity contribution in [1.29, 1.82) is 0 Å². The summed E-state index contributed by atoms with van der Waals surface area (Å²) in [6.07, 6.45) is 6.90. The largest absolute Gasteiger partial charge is 0.444 e. The predicted molar refractivity (Wildman–Crippen MR) is 117 cm³/mol. The molecule has 6 heteroatoms. The zero-order valence-electron chi connectivity index (χ0n) is 15.6. The molecule has 0 atom stereocenters. The first-order valence-corrected chi connectivity index (χ1v) is 9.27. The molecule has 0 amide bonds. The van der Waals surface area contributed by atoms with Crippen LogP contribution in [-0.2, 0) is 6.54 Å². The second-order valence-corrected chi connectivity index (χ2v) is 6.77. The molecular weight excluding hydrogens is 439 g/mol. The van der Waals surface area contributed by atoms with Crippen molar-refractivity contribution in [1.82, 2.24) is 15.6 Å². The van der Waals surface area contributed by atoms with E-state index in [1.54, 1.807) is 6.26 Å². The fourth-order valence-electron chi connectivity index (χ4n) is 3.20.